The Labute approximate surface area is 172 Å². The van der Waals surface area contributed by atoms with E-state index in [9.17, 15) is 14.0 Å². The first-order valence-electron chi connectivity index (χ1n) is 10.5. The summed E-state index contributed by atoms with van der Waals surface area (Å²) in [5, 5.41) is 11.6. The molecule has 0 radical (unpaired) electrons. The van der Waals surface area contributed by atoms with Crippen molar-refractivity contribution in [3.05, 3.63) is 24.0 Å². The second kappa shape index (κ2) is 12.4. The molecule has 0 spiro atoms. The van der Waals surface area contributed by atoms with E-state index in [0.29, 0.717) is 11.4 Å². The van der Waals surface area contributed by atoms with E-state index in [1.807, 2.05) is 0 Å². The van der Waals surface area contributed by atoms with Crippen molar-refractivity contribution in [2.24, 2.45) is 0 Å². The van der Waals surface area contributed by atoms with Crippen molar-refractivity contribution in [1.29, 1.82) is 0 Å². The minimum Gasteiger partial charge on any atom is -0.383 e. The number of anilines is 2. The highest BCUT2D eigenvalue weighted by Crippen LogP contribution is 2.20. The van der Waals surface area contributed by atoms with Gasteiger partial charge in [0.25, 0.3) is 0 Å². The van der Waals surface area contributed by atoms with E-state index in [1.165, 1.54) is 32.4 Å². The topological polar surface area (TPSA) is 85.5 Å². The lowest BCUT2D eigenvalue weighted by atomic mass is 10.1. The molecule has 2 rings (SSSR count). The summed E-state index contributed by atoms with van der Waals surface area (Å²) in [5.41, 5.74) is 0.948. The van der Waals surface area contributed by atoms with Crippen molar-refractivity contribution in [3.8, 4) is 0 Å². The average molecular weight is 408 g/mol. The van der Waals surface area contributed by atoms with Gasteiger partial charge in [0.2, 0.25) is 11.8 Å². The van der Waals surface area contributed by atoms with Crippen LogP contribution in [0.15, 0.2) is 18.2 Å². The lowest BCUT2D eigenvalue weighted by Crippen LogP contribution is -2.43. The summed E-state index contributed by atoms with van der Waals surface area (Å²) in [4.78, 5) is 25.2. The molecule has 2 amide bonds. The maximum atomic E-state index is 14.3. The molecule has 7 nitrogen and oxygen atoms in total. The van der Waals surface area contributed by atoms with Crippen LogP contribution in [-0.2, 0) is 9.59 Å². The number of unbranched alkanes of at least 4 members (excludes halogenated alkanes) is 3. The van der Waals surface area contributed by atoms with E-state index in [1.54, 1.807) is 19.1 Å². The lowest BCUT2D eigenvalue weighted by molar-refractivity contribution is -0.129. The highest BCUT2D eigenvalue weighted by molar-refractivity contribution is 5.97. The highest BCUT2D eigenvalue weighted by atomic mass is 19.1. The van der Waals surface area contributed by atoms with Crippen LogP contribution in [0.25, 0.3) is 0 Å². The smallest absolute Gasteiger partial charge is 0.248 e. The van der Waals surface area contributed by atoms with Crippen molar-refractivity contribution in [1.82, 2.24) is 15.5 Å². The minimum absolute atomic E-state index is 0.368. The number of amides is 2. The van der Waals surface area contributed by atoms with Gasteiger partial charge in [-0.3, -0.25) is 14.9 Å². The number of halogens is 1. The van der Waals surface area contributed by atoms with Crippen molar-refractivity contribution >= 4 is 23.2 Å². The summed E-state index contributed by atoms with van der Waals surface area (Å²) in [6.07, 6.45) is 4.54. The number of carbonyl (C=O) groups excluding carboxylic acids is 2. The van der Waals surface area contributed by atoms with Crippen LogP contribution >= 0.6 is 0 Å². The number of piperazine rings is 1. The molecule has 1 aliphatic rings. The van der Waals surface area contributed by atoms with Crippen LogP contribution in [0.5, 0.6) is 0 Å². The van der Waals surface area contributed by atoms with Gasteiger partial charge in [0.15, 0.2) is 0 Å². The third kappa shape index (κ3) is 8.79. The molecule has 1 aromatic carbocycles. The highest BCUT2D eigenvalue weighted by Gasteiger charge is 2.14. The number of imide groups is 1. The zero-order valence-electron chi connectivity index (χ0n) is 17.5. The third-order valence-corrected chi connectivity index (χ3v) is 4.97. The fraction of sp³-hybridized carbons (Fsp3) is 0.619. The lowest BCUT2D eigenvalue weighted by Gasteiger charge is -2.27. The van der Waals surface area contributed by atoms with Gasteiger partial charge < -0.3 is 20.9 Å². The molecule has 1 saturated heterocycles. The first-order valence-corrected chi connectivity index (χ1v) is 10.5. The maximum absolute atomic E-state index is 14.3. The molecular formula is C21H34FN5O2. The zero-order valence-corrected chi connectivity index (χ0v) is 17.5. The fourth-order valence-corrected chi connectivity index (χ4v) is 3.32. The van der Waals surface area contributed by atoms with E-state index < -0.39 is 17.9 Å². The van der Waals surface area contributed by atoms with Crippen molar-refractivity contribution in [3.63, 3.8) is 0 Å². The van der Waals surface area contributed by atoms with Gasteiger partial charge in [-0.2, -0.15) is 0 Å². The number of rotatable bonds is 11. The molecule has 1 aromatic rings. The molecule has 162 valence electrons. The van der Waals surface area contributed by atoms with Gasteiger partial charge in [0.1, 0.15) is 11.9 Å². The first-order chi connectivity index (χ1) is 14.0. The number of carbonyl (C=O) groups is 2. The predicted molar refractivity (Wildman–Crippen MR) is 115 cm³/mol. The van der Waals surface area contributed by atoms with Gasteiger partial charge in [0.05, 0.1) is 5.69 Å². The summed E-state index contributed by atoms with van der Waals surface area (Å²) in [5.74, 6) is -1.23. The third-order valence-electron chi connectivity index (χ3n) is 4.97. The number of nitrogens with one attached hydrogen (secondary N) is 4. The Hall–Kier alpha value is -2.19. The van der Waals surface area contributed by atoms with Crippen molar-refractivity contribution < 1.29 is 14.0 Å². The molecule has 0 aliphatic carbocycles. The van der Waals surface area contributed by atoms with Gasteiger partial charge in [-0.05, 0) is 44.5 Å². The second-order valence-corrected chi connectivity index (χ2v) is 7.54. The van der Waals surface area contributed by atoms with Crippen LogP contribution in [0.3, 0.4) is 0 Å². The molecule has 1 fully saturated rings. The molecular weight excluding hydrogens is 373 g/mol. The summed E-state index contributed by atoms with van der Waals surface area (Å²) >= 11 is 0. The Balaban J connectivity index is 1.63. The Morgan fingerprint density at radius 2 is 1.90 bits per heavy atom. The molecule has 8 heteroatoms. The molecule has 1 unspecified atom stereocenters. The Morgan fingerprint density at radius 3 is 2.59 bits per heavy atom. The average Bonchev–Trinajstić information content (AvgIpc) is 2.69. The summed E-state index contributed by atoms with van der Waals surface area (Å²) < 4.78 is 14.3. The second-order valence-electron chi connectivity index (χ2n) is 7.54. The molecule has 1 heterocycles. The standard InChI is InChI=1S/C21H34FN5O2/c1-16(21(29)26-17(2)28)25-18-7-8-20(19(22)15-18)24-9-5-3-4-6-12-27-13-10-23-11-14-27/h7-8,15-16,23-25H,3-6,9-14H2,1-2H3,(H,26,28,29). The van der Waals surface area contributed by atoms with Gasteiger partial charge in [-0.25, -0.2) is 4.39 Å². The van der Waals surface area contributed by atoms with Gasteiger partial charge >= 0.3 is 0 Å². The molecule has 1 aliphatic heterocycles. The van der Waals surface area contributed by atoms with E-state index in [4.69, 9.17) is 0 Å². The summed E-state index contributed by atoms with van der Waals surface area (Å²) in [7, 11) is 0. The molecule has 29 heavy (non-hydrogen) atoms. The number of nitrogens with zero attached hydrogens (tertiary/aromatic N) is 1. The summed E-state index contributed by atoms with van der Waals surface area (Å²) in [6.45, 7) is 9.26. The Kier molecular flexibility index (Phi) is 9.87. The Bertz CT molecular complexity index is 664. The fourth-order valence-electron chi connectivity index (χ4n) is 3.32. The van der Waals surface area contributed by atoms with Crippen LogP contribution < -0.4 is 21.3 Å². The minimum atomic E-state index is -0.640. The molecule has 1 atom stereocenters. The quantitative estimate of drug-likeness (QED) is 0.421. The first kappa shape index (κ1) is 23.1. The molecule has 0 aromatic heterocycles. The summed E-state index contributed by atoms with van der Waals surface area (Å²) in [6, 6.07) is 4.10. The molecule has 0 saturated carbocycles. The number of benzene rings is 1. The molecule has 4 N–H and O–H groups in total. The normalized spacial score (nSPS) is 15.6. The van der Waals surface area contributed by atoms with E-state index >= 15 is 0 Å². The monoisotopic (exact) mass is 407 g/mol. The van der Waals surface area contributed by atoms with E-state index in [0.717, 1.165) is 45.6 Å². The SMILES string of the molecule is CC(=O)NC(=O)C(C)Nc1ccc(NCCCCCCN2CCNCC2)c(F)c1. The van der Waals surface area contributed by atoms with Crippen LogP contribution in [0.2, 0.25) is 0 Å². The van der Waals surface area contributed by atoms with Crippen LogP contribution in [0.4, 0.5) is 15.8 Å². The largest absolute Gasteiger partial charge is 0.383 e. The van der Waals surface area contributed by atoms with Crippen molar-refractivity contribution in [2.45, 2.75) is 45.6 Å². The van der Waals surface area contributed by atoms with Gasteiger partial charge in [-0.1, -0.05) is 12.8 Å². The van der Waals surface area contributed by atoms with E-state index in [-0.39, 0.29) is 5.82 Å². The number of hydrogen-bond donors (Lipinski definition) is 4. The number of hydrogen-bond acceptors (Lipinski definition) is 6. The van der Waals surface area contributed by atoms with Gasteiger partial charge in [0, 0.05) is 45.3 Å². The van der Waals surface area contributed by atoms with Crippen LogP contribution in [0, 0.1) is 5.82 Å². The Morgan fingerprint density at radius 1 is 1.17 bits per heavy atom. The van der Waals surface area contributed by atoms with Crippen LogP contribution in [0.1, 0.15) is 39.5 Å². The van der Waals surface area contributed by atoms with Crippen molar-refractivity contribution in [2.75, 3.05) is 49.9 Å². The van der Waals surface area contributed by atoms with E-state index in [2.05, 4.69) is 26.2 Å². The molecule has 0 bridgehead atoms. The van der Waals surface area contributed by atoms with Crippen LogP contribution in [-0.4, -0.2) is 62.0 Å². The maximum Gasteiger partial charge on any atom is 0.248 e. The predicted octanol–water partition coefficient (Wildman–Crippen LogP) is 2.17. The zero-order chi connectivity index (χ0) is 21.1. The van der Waals surface area contributed by atoms with Gasteiger partial charge in [-0.15, -0.1) is 0 Å².